The van der Waals surface area contributed by atoms with Gasteiger partial charge < -0.3 is 10.2 Å². The summed E-state index contributed by atoms with van der Waals surface area (Å²) in [7, 11) is 0. The van der Waals surface area contributed by atoms with Gasteiger partial charge in [-0.25, -0.2) is 9.36 Å². The maximum atomic E-state index is 10.8. The molecule has 98 valence electrons. The third-order valence-electron chi connectivity index (χ3n) is 2.79. The van der Waals surface area contributed by atoms with Gasteiger partial charge in [0.1, 0.15) is 12.1 Å². The van der Waals surface area contributed by atoms with Gasteiger partial charge in [0.15, 0.2) is 11.9 Å². The minimum Gasteiger partial charge on any atom is -0.481 e. The van der Waals surface area contributed by atoms with E-state index in [2.05, 4.69) is 0 Å². The molecule has 0 unspecified atom stereocenters. The maximum Gasteiger partial charge on any atom is 0.341 e. The van der Waals surface area contributed by atoms with Crippen molar-refractivity contribution in [3.63, 3.8) is 0 Å². The molecule has 0 aliphatic heterocycles. The predicted octanol–water partition coefficient (Wildman–Crippen LogP) is 1.63. The number of aliphatic carboxylic acids is 1. The Hall–Kier alpha value is -1.91. The van der Waals surface area contributed by atoms with Crippen LogP contribution in [0.2, 0.25) is 0 Å². The Balaban J connectivity index is 2.48. The second-order valence-electron chi connectivity index (χ2n) is 4.26. The average molecular weight is 252 g/mol. The van der Waals surface area contributed by atoms with Crippen LogP contribution in [0.1, 0.15) is 41.7 Å². The van der Waals surface area contributed by atoms with Gasteiger partial charge in [0.2, 0.25) is 0 Å². The highest BCUT2D eigenvalue weighted by Gasteiger charge is 2.12. The molecule has 0 fully saturated rings. The van der Waals surface area contributed by atoms with Crippen molar-refractivity contribution in [2.24, 2.45) is 0 Å². The molecule has 1 aromatic heterocycles. The van der Waals surface area contributed by atoms with Crippen molar-refractivity contribution in [3.8, 4) is 0 Å². The Bertz CT molecular complexity index is 443. The van der Waals surface area contributed by atoms with E-state index in [4.69, 9.17) is 10.2 Å². The summed E-state index contributed by atoms with van der Waals surface area (Å²) in [5.74, 6) is -1.71. The zero-order valence-electron chi connectivity index (χ0n) is 10.4. The summed E-state index contributed by atoms with van der Waals surface area (Å²) in [5, 5.41) is 17.4. The van der Waals surface area contributed by atoms with E-state index in [0.29, 0.717) is 13.0 Å². The molecule has 1 rings (SSSR count). The summed E-state index contributed by atoms with van der Waals surface area (Å²) in [4.78, 5) is 21.2. The fourth-order valence-electron chi connectivity index (χ4n) is 1.72. The molecule has 0 aromatic carbocycles. The van der Waals surface area contributed by atoms with Gasteiger partial charge in [-0.2, -0.15) is 0 Å². The van der Waals surface area contributed by atoms with Crippen molar-refractivity contribution in [1.29, 1.82) is 0 Å². The third-order valence-corrected chi connectivity index (χ3v) is 2.79. The molecular weight excluding hydrogens is 234 g/mol. The highest BCUT2D eigenvalue weighted by atomic mass is 16.4. The molecule has 2 N–H and O–H groups in total. The first-order valence-electron chi connectivity index (χ1n) is 5.96. The summed E-state index contributed by atoms with van der Waals surface area (Å²) in [6.07, 6.45) is 4.15. The third kappa shape index (κ3) is 4.53. The number of hydrogen-bond donors (Lipinski definition) is 2. The molecule has 0 aliphatic carbocycles. The second kappa shape index (κ2) is 6.74. The fraction of sp³-hybridized carbons (Fsp3) is 0.462. The summed E-state index contributed by atoms with van der Waals surface area (Å²) < 4.78 is 1.89. The van der Waals surface area contributed by atoms with Gasteiger partial charge in [0.25, 0.3) is 0 Å². The number of rotatable bonds is 7. The van der Waals surface area contributed by atoms with Crippen LogP contribution in [-0.2, 0) is 11.3 Å². The minimum absolute atomic E-state index is 0.193. The van der Waals surface area contributed by atoms with Gasteiger partial charge in [0.05, 0.1) is 0 Å². The van der Waals surface area contributed by atoms with Gasteiger partial charge in [-0.1, -0.05) is 0 Å². The topological polar surface area (TPSA) is 78.5 Å². The van der Waals surface area contributed by atoms with Gasteiger partial charge in [-0.15, -0.1) is 0 Å². The first kappa shape index (κ1) is 14.2. The zero-order valence-corrected chi connectivity index (χ0v) is 10.4. The number of carboxylic acid groups (broad SMARTS) is 2. The molecule has 0 radical (unpaired) electrons. The highest BCUT2D eigenvalue weighted by Crippen LogP contribution is 2.02. The van der Waals surface area contributed by atoms with E-state index < -0.39 is 11.9 Å². The predicted molar refractivity (Wildman–Crippen MR) is 64.4 cm³/mol. The van der Waals surface area contributed by atoms with Crippen molar-refractivity contribution in [2.75, 3.05) is 0 Å². The van der Waals surface area contributed by atoms with Gasteiger partial charge in [-0.05, 0) is 18.9 Å². The largest absolute Gasteiger partial charge is 0.481 e. The first-order valence-corrected chi connectivity index (χ1v) is 5.96. The van der Waals surface area contributed by atoms with Crippen LogP contribution in [-0.4, -0.2) is 22.2 Å². The van der Waals surface area contributed by atoms with Gasteiger partial charge in [-0.3, -0.25) is 4.79 Å². The fourth-order valence-corrected chi connectivity index (χ4v) is 1.72. The summed E-state index contributed by atoms with van der Waals surface area (Å²) in [5.41, 5.74) is 1.27. The number of unbranched alkanes of at least 4 members (excludes halogenated alkanes) is 2. The van der Waals surface area contributed by atoms with Crippen LogP contribution in [0.3, 0.4) is 0 Å². The molecule has 1 aromatic rings. The summed E-state index contributed by atoms with van der Waals surface area (Å²) in [6, 6.07) is 3.36. The number of carbonyl (C=O) groups is 2. The molecular formula is C13H18NO4+. The lowest BCUT2D eigenvalue weighted by Gasteiger charge is -2.01. The quantitative estimate of drug-likeness (QED) is 0.571. The lowest BCUT2D eigenvalue weighted by atomic mass is 10.2. The average Bonchev–Trinajstić information content (AvgIpc) is 2.30. The Morgan fingerprint density at radius 2 is 1.89 bits per heavy atom. The van der Waals surface area contributed by atoms with Gasteiger partial charge >= 0.3 is 11.9 Å². The minimum atomic E-state index is -0.936. The van der Waals surface area contributed by atoms with Crippen LogP contribution in [0, 0.1) is 6.92 Å². The summed E-state index contributed by atoms with van der Waals surface area (Å²) in [6.45, 7) is 2.63. The van der Waals surface area contributed by atoms with Gasteiger partial charge in [0, 0.05) is 25.8 Å². The smallest absolute Gasteiger partial charge is 0.341 e. The van der Waals surface area contributed by atoms with E-state index in [-0.39, 0.29) is 12.0 Å². The van der Waals surface area contributed by atoms with Crippen molar-refractivity contribution in [1.82, 2.24) is 0 Å². The number of pyridine rings is 1. The molecule has 0 atom stereocenters. The number of aryl methyl sites for hydroxylation is 2. The standard InChI is InChI=1S/C13H17NO4/c1-10-6-7-11(13(17)18)9-14(10)8-4-2-3-5-12(15)16/h6-7,9H,2-5,8H2,1H3,(H-,15,16,17,18)/p+1. The molecule has 5 nitrogen and oxygen atoms in total. The number of aromatic carboxylic acids is 1. The number of aromatic nitrogens is 1. The highest BCUT2D eigenvalue weighted by molar-refractivity contribution is 5.86. The molecule has 0 bridgehead atoms. The van der Waals surface area contributed by atoms with Crippen LogP contribution >= 0.6 is 0 Å². The van der Waals surface area contributed by atoms with E-state index >= 15 is 0 Å². The van der Waals surface area contributed by atoms with Crippen molar-refractivity contribution in [2.45, 2.75) is 39.2 Å². The van der Waals surface area contributed by atoms with Crippen molar-refractivity contribution >= 4 is 11.9 Å². The molecule has 5 heteroatoms. The van der Waals surface area contributed by atoms with E-state index in [1.165, 1.54) is 0 Å². The molecule has 0 amide bonds. The van der Waals surface area contributed by atoms with Crippen LogP contribution in [0.5, 0.6) is 0 Å². The van der Waals surface area contributed by atoms with Crippen molar-refractivity contribution in [3.05, 3.63) is 29.6 Å². The molecule has 0 spiro atoms. The van der Waals surface area contributed by atoms with E-state index in [1.807, 2.05) is 11.5 Å². The Labute approximate surface area is 106 Å². The Kier molecular flexibility index (Phi) is 5.30. The number of hydrogen-bond acceptors (Lipinski definition) is 2. The maximum absolute atomic E-state index is 10.8. The zero-order chi connectivity index (χ0) is 13.5. The lowest BCUT2D eigenvalue weighted by molar-refractivity contribution is -0.703. The Morgan fingerprint density at radius 1 is 1.17 bits per heavy atom. The molecule has 0 saturated carbocycles. The van der Waals surface area contributed by atoms with Crippen LogP contribution < -0.4 is 4.57 Å². The first-order chi connectivity index (χ1) is 8.50. The summed E-state index contributed by atoms with van der Waals surface area (Å²) >= 11 is 0. The normalized spacial score (nSPS) is 10.3. The van der Waals surface area contributed by atoms with E-state index in [1.54, 1.807) is 18.3 Å². The second-order valence-corrected chi connectivity index (χ2v) is 4.26. The van der Waals surface area contributed by atoms with E-state index in [9.17, 15) is 9.59 Å². The lowest BCUT2D eigenvalue weighted by Crippen LogP contribution is -2.37. The van der Waals surface area contributed by atoms with Crippen molar-refractivity contribution < 1.29 is 24.4 Å². The number of carboxylic acids is 2. The number of nitrogens with zero attached hydrogens (tertiary/aromatic N) is 1. The molecule has 0 aliphatic rings. The SMILES string of the molecule is Cc1ccc(C(=O)O)c[n+]1CCCCCC(=O)O. The molecule has 1 heterocycles. The monoisotopic (exact) mass is 252 g/mol. The van der Waals surface area contributed by atoms with Crippen LogP contribution in [0.25, 0.3) is 0 Å². The van der Waals surface area contributed by atoms with Crippen LogP contribution in [0.15, 0.2) is 18.3 Å². The molecule has 0 saturated heterocycles. The molecule has 18 heavy (non-hydrogen) atoms. The van der Waals surface area contributed by atoms with E-state index in [0.717, 1.165) is 18.5 Å². The van der Waals surface area contributed by atoms with Crippen LogP contribution in [0.4, 0.5) is 0 Å². The Morgan fingerprint density at radius 3 is 2.50 bits per heavy atom.